The summed E-state index contributed by atoms with van der Waals surface area (Å²) in [6, 6.07) is 12.5. The molecule has 0 unspecified atom stereocenters. The van der Waals surface area contributed by atoms with Crippen LogP contribution in [0.25, 0.3) is 12.2 Å². The number of hydrogen-bond donors (Lipinski definition) is 0. The molecule has 22 heavy (non-hydrogen) atoms. The first kappa shape index (κ1) is 22.4. The normalized spacial score (nSPS) is 9.64. The molecule has 0 aliphatic carbocycles. The van der Waals surface area contributed by atoms with Gasteiger partial charge in [-0.1, -0.05) is 60.7 Å². The fraction of sp³-hybridized carbons (Fsp3) is 0. The average molecular weight is 344 g/mol. The quantitative estimate of drug-likeness (QED) is 0.410. The molecule has 0 fully saturated rings. The summed E-state index contributed by atoms with van der Waals surface area (Å²) < 4.78 is 0. The molecule has 0 saturated heterocycles. The number of hydrogen-bond acceptors (Lipinski definition) is 4. The van der Waals surface area contributed by atoms with E-state index in [1.807, 2.05) is 0 Å². The molecule has 0 aromatic heterocycles. The van der Waals surface area contributed by atoms with Gasteiger partial charge in [-0.15, -0.1) is 0 Å². The topological polar surface area (TPSA) is 80.3 Å². The van der Waals surface area contributed by atoms with E-state index in [-0.39, 0.29) is 114 Å². The van der Waals surface area contributed by atoms with Crippen LogP contribution in [0.4, 0.5) is 0 Å². The molecule has 0 aliphatic heterocycles. The van der Waals surface area contributed by atoms with Crippen LogP contribution in [0.15, 0.2) is 48.5 Å². The molecular formula is C16H10K2O4. The second-order valence-electron chi connectivity index (χ2n) is 4.15. The molecule has 6 heteroatoms. The van der Waals surface area contributed by atoms with Crippen LogP contribution < -0.4 is 113 Å². The minimum absolute atomic E-state index is 0. The molecule has 0 atom stereocenters. The molecule has 0 bridgehead atoms. The molecule has 0 aliphatic rings. The van der Waals surface area contributed by atoms with Crippen LogP contribution in [-0.4, -0.2) is 11.9 Å². The van der Waals surface area contributed by atoms with Crippen molar-refractivity contribution in [1.29, 1.82) is 0 Å². The van der Waals surface area contributed by atoms with E-state index in [9.17, 15) is 19.8 Å². The number of carboxylic acids is 2. The fourth-order valence-electron chi connectivity index (χ4n) is 1.65. The van der Waals surface area contributed by atoms with Crippen molar-refractivity contribution in [2.75, 3.05) is 0 Å². The van der Waals surface area contributed by atoms with Crippen LogP contribution in [0.2, 0.25) is 0 Å². The molecule has 4 nitrogen and oxygen atoms in total. The molecule has 0 amide bonds. The Morgan fingerprint density at radius 3 is 1.14 bits per heavy atom. The van der Waals surface area contributed by atoms with Gasteiger partial charge in [0.15, 0.2) is 0 Å². The number of rotatable bonds is 4. The Morgan fingerprint density at radius 2 is 0.909 bits per heavy atom. The zero-order valence-electron chi connectivity index (χ0n) is 12.4. The Bertz CT molecular complexity index is 602. The van der Waals surface area contributed by atoms with Crippen LogP contribution in [0.5, 0.6) is 0 Å². The van der Waals surface area contributed by atoms with Gasteiger partial charge in [0.1, 0.15) is 0 Å². The van der Waals surface area contributed by atoms with Crippen molar-refractivity contribution in [3.05, 3.63) is 70.8 Å². The van der Waals surface area contributed by atoms with Gasteiger partial charge in [-0.3, -0.25) is 0 Å². The Hall–Kier alpha value is 0.393. The van der Waals surface area contributed by atoms with Crippen molar-refractivity contribution in [2.45, 2.75) is 0 Å². The smallest absolute Gasteiger partial charge is 0.545 e. The predicted octanol–water partition coefficient (Wildman–Crippen LogP) is -5.41. The molecule has 2 rings (SSSR count). The SMILES string of the molecule is O=C([O-])c1ccc(C=Cc2ccc(C(=O)[O-])cc2)cc1.[K+].[K+]. The van der Waals surface area contributed by atoms with Gasteiger partial charge < -0.3 is 19.8 Å². The van der Waals surface area contributed by atoms with Crippen LogP contribution in [0.3, 0.4) is 0 Å². The molecular weight excluding hydrogens is 334 g/mol. The van der Waals surface area contributed by atoms with Crippen LogP contribution in [0, 0.1) is 0 Å². The van der Waals surface area contributed by atoms with E-state index in [0.29, 0.717) is 0 Å². The molecule has 2 aromatic carbocycles. The van der Waals surface area contributed by atoms with Crippen molar-refractivity contribution >= 4 is 24.1 Å². The fourth-order valence-corrected chi connectivity index (χ4v) is 1.65. The van der Waals surface area contributed by atoms with E-state index in [1.165, 1.54) is 24.3 Å². The second-order valence-corrected chi connectivity index (χ2v) is 4.15. The molecule has 100 valence electrons. The van der Waals surface area contributed by atoms with Crippen molar-refractivity contribution in [2.24, 2.45) is 0 Å². The largest absolute Gasteiger partial charge is 1.00 e. The number of carbonyl (C=O) groups is 2. The average Bonchev–Trinajstić information content (AvgIpc) is 2.46. The first-order valence-corrected chi connectivity index (χ1v) is 5.87. The Morgan fingerprint density at radius 1 is 0.636 bits per heavy atom. The molecule has 0 saturated carbocycles. The Balaban J connectivity index is 0.00000220. The number of carboxylic acid groups (broad SMARTS) is 2. The third-order valence-corrected chi connectivity index (χ3v) is 2.76. The first-order chi connectivity index (χ1) is 9.56. The maximum atomic E-state index is 10.6. The zero-order valence-corrected chi connectivity index (χ0v) is 18.7. The van der Waals surface area contributed by atoms with Gasteiger partial charge in [-0.25, -0.2) is 0 Å². The van der Waals surface area contributed by atoms with Gasteiger partial charge in [0.05, 0.1) is 11.9 Å². The van der Waals surface area contributed by atoms with E-state index in [0.717, 1.165) is 11.1 Å². The predicted molar refractivity (Wildman–Crippen MR) is 70.5 cm³/mol. The molecule has 2 aromatic rings. The summed E-state index contributed by atoms with van der Waals surface area (Å²) in [5.41, 5.74) is 1.92. The maximum absolute atomic E-state index is 10.6. The van der Waals surface area contributed by atoms with E-state index in [2.05, 4.69) is 0 Å². The van der Waals surface area contributed by atoms with Crippen molar-refractivity contribution in [3.63, 3.8) is 0 Å². The van der Waals surface area contributed by atoms with Crippen LogP contribution in [-0.2, 0) is 0 Å². The van der Waals surface area contributed by atoms with Crippen LogP contribution >= 0.6 is 0 Å². The van der Waals surface area contributed by atoms with Gasteiger partial charge in [0.25, 0.3) is 0 Å². The molecule has 0 radical (unpaired) electrons. The summed E-state index contributed by atoms with van der Waals surface area (Å²) in [4.78, 5) is 21.2. The van der Waals surface area contributed by atoms with Crippen molar-refractivity contribution in [1.82, 2.24) is 0 Å². The minimum atomic E-state index is -1.21. The standard InChI is InChI=1S/C16H12O4.2K/c17-15(18)13-7-3-11(4-8-13)1-2-12-5-9-14(10-6-12)16(19)20;;/h1-10H,(H,17,18)(H,19,20);;/q;2*+1/p-2. The van der Waals surface area contributed by atoms with Gasteiger partial charge in [-0.05, 0) is 22.3 Å². The summed E-state index contributed by atoms with van der Waals surface area (Å²) in [6.45, 7) is 0. The number of carbonyl (C=O) groups excluding carboxylic acids is 2. The summed E-state index contributed by atoms with van der Waals surface area (Å²) in [7, 11) is 0. The Labute approximate surface area is 213 Å². The van der Waals surface area contributed by atoms with E-state index >= 15 is 0 Å². The van der Waals surface area contributed by atoms with E-state index < -0.39 is 11.9 Å². The van der Waals surface area contributed by atoms with Crippen molar-refractivity contribution < 1.29 is 123 Å². The van der Waals surface area contributed by atoms with Crippen LogP contribution in [0.1, 0.15) is 31.8 Å². The minimum Gasteiger partial charge on any atom is -0.545 e. The van der Waals surface area contributed by atoms with E-state index in [1.54, 1.807) is 36.4 Å². The van der Waals surface area contributed by atoms with E-state index in [4.69, 9.17) is 0 Å². The van der Waals surface area contributed by atoms with Gasteiger partial charge in [0, 0.05) is 0 Å². The molecule has 0 spiro atoms. The van der Waals surface area contributed by atoms with Gasteiger partial charge >= 0.3 is 103 Å². The summed E-state index contributed by atoms with van der Waals surface area (Å²) >= 11 is 0. The monoisotopic (exact) mass is 344 g/mol. The first-order valence-electron chi connectivity index (χ1n) is 5.87. The van der Waals surface area contributed by atoms with Gasteiger partial charge in [-0.2, -0.15) is 0 Å². The molecule has 0 N–H and O–H groups in total. The Kier molecular flexibility index (Phi) is 11.2. The maximum Gasteiger partial charge on any atom is 1.00 e. The zero-order chi connectivity index (χ0) is 14.5. The summed E-state index contributed by atoms with van der Waals surface area (Å²) in [6.07, 6.45) is 3.60. The third-order valence-electron chi connectivity index (χ3n) is 2.76. The molecule has 0 heterocycles. The summed E-state index contributed by atoms with van der Waals surface area (Å²) in [5, 5.41) is 21.2. The number of aromatic carboxylic acids is 2. The van der Waals surface area contributed by atoms with Crippen molar-refractivity contribution in [3.8, 4) is 0 Å². The number of benzene rings is 2. The summed E-state index contributed by atoms with van der Waals surface area (Å²) in [5.74, 6) is -2.42. The third kappa shape index (κ3) is 6.88. The van der Waals surface area contributed by atoms with Gasteiger partial charge in [0.2, 0.25) is 0 Å². The second kappa shape index (κ2) is 11.0.